The molecule has 0 atom stereocenters. The lowest BCUT2D eigenvalue weighted by atomic mass is 10.2. The largest absolute Gasteiger partial charge is 0.359 e. The maximum absolute atomic E-state index is 13.3. The van der Waals surface area contributed by atoms with Crippen LogP contribution in [0.3, 0.4) is 0 Å². The Morgan fingerprint density at radius 1 is 1.45 bits per heavy atom. The number of alkyl halides is 2. The zero-order valence-electron chi connectivity index (χ0n) is 11.8. The highest BCUT2D eigenvalue weighted by molar-refractivity contribution is 7.13. The number of halogens is 2. The number of pyridine rings is 1. The van der Waals surface area contributed by atoms with E-state index in [1.807, 2.05) is 0 Å². The van der Waals surface area contributed by atoms with Crippen LogP contribution in [-0.4, -0.2) is 20.9 Å². The molecule has 0 saturated carbocycles. The zero-order chi connectivity index (χ0) is 15.9. The average molecular weight is 322 g/mol. The first-order chi connectivity index (χ1) is 10.3. The molecule has 5 nitrogen and oxygen atoms in total. The predicted molar refractivity (Wildman–Crippen MR) is 81.1 cm³/mol. The van der Waals surface area contributed by atoms with E-state index in [4.69, 9.17) is 0 Å². The summed E-state index contributed by atoms with van der Waals surface area (Å²) >= 11 is 1.15. The number of nitrogens with one attached hydrogen (secondary N) is 2. The third-order valence-corrected chi connectivity index (χ3v) is 3.93. The molecule has 0 spiro atoms. The van der Waals surface area contributed by atoms with Crippen molar-refractivity contribution in [3.63, 3.8) is 0 Å². The normalized spacial score (nSPS) is 11.8. The van der Waals surface area contributed by atoms with E-state index in [2.05, 4.69) is 20.3 Å². The zero-order valence-corrected chi connectivity index (χ0v) is 12.6. The number of aromatic amines is 1. The van der Waals surface area contributed by atoms with Crippen molar-refractivity contribution in [1.29, 1.82) is 0 Å². The Kier molecular flexibility index (Phi) is 3.40. The Morgan fingerprint density at radius 2 is 2.23 bits per heavy atom. The fourth-order valence-corrected chi connectivity index (χ4v) is 2.98. The number of carbonyl (C=O) groups is 1. The third kappa shape index (κ3) is 2.69. The van der Waals surface area contributed by atoms with Gasteiger partial charge in [0, 0.05) is 36.4 Å². The van der Waals surface area contributed by atoms with Crippen LogP contribution in [0.5, 0.6) is 0 Å². The van der Waals surface area contributed by atoms with Gasteiger partial charge in [0.15, 0.2) is 0 Å². The second-order valence-corrected chi connectivity index (χ2v) is 5.78. The number of H-pyrrole nitrogens is 1. The molecule has 2 N–H and O–H groups in total. The Hall–Kier alpha value is -2.35. The second kappa shape index (κ2) is 5.13. The number of aromatic nitrogens is 3. The molecular weight excluding hydrogens is 310 g/mol. The third-order valence-electron chi connectivity index (χ3n) is 3.05. The minimum Gasteiger partial charge on any atom is -0.359 e. The Balaban J connectivity index is 2.07. The number of hydrogen-bond acceptors (Lipinski definition) is 4. The first-order valence-electron chi connectivity index (χ1n) is 6.43. The summed E-state index contributed by atoms with van der Waals surface area (Å²) in [4.78, 5) is 22.2. The molecule has 0 radical (unpaired) electrons. The van der Waals surface area contributed by atoms with Crippen LogP contribution in [-0.2, 0) is 10.7 Å². The van der Waals surface area contributed by atoms with E-state index in [0.29, 0.717) is 16.4 Å². The van der Waals surface area contributed by atoms with Crippen LogP contribution < -0.4 is 5.32 Å². The van der Waals surface area contributed by atoms with Gasteiger partial charge in [0.05, 0.1) is 11.7 Å². The van der Waals surface area contributed by atoms with Gasteiger partial charge in [-0.3, -0.25) is 4.79 Å². The van der Waals surface area contributed by atoms with Gasteiger partial charge in [0.25, 0.3) is 5.92 Å². The van der Waals surface area contributed by atoms with Crippen molar-refractivity contribution in [2.75, 3.05) is 5.32 Å². The molecule has 0 aliphatic rings. The molecule has 1 amide bonds. The lowest BCUT2D eigenvalue weighted by molar-refractivity contribution is -0.114. The molecule has 3 aromatic heterocycles. The van der Waals surface area contributed by atoms with Gasteiger partial charge in [-0.05, 0) is 6.07 Å². The van der Waals surface area contributed by atoms with Crippen LogP contribution in [0.2, 0.25) is 0 Å². The van der Waals surface area contributed by atoms with Crippen molar-refractivity contribution >= 4 is 34.0 Å². The summed E-state index contributed by atoms with van der Waals surface area (Å²) in [6.45, 7) is 2.21. The first kappa shape index (κ1) is 14.6. The molecule has 0 fully saturated rings. The van der Waals surface area contributed by atoms with E-state index >= 15 is 0 Å². The summed E-state index contributed by atoms with van der Waals surface area (Å²) in [5, 5.41) is 5.20. The molecule has 3 rings (SSSR count). The molecular formula is C14H12F2N4OS. The molecule has 8 heteroatoms. The van der Waals surface area contributed by atoms with E-state index < -0.39 is 5.92 Å². The molecule has 22 heavy (non-hydrogen) atoms. The van der Waals surface area contributed by atoms with Crippen LogP contribution in [0.1, 0.15) is 19.5 Å². The van der Waals surface area contributed by atoms with E-state index in [-0.39, 0.29) is 11.6 Å². The number of hydrogen-bond donors (Lipinski definition) is 2. The summed E-state index contributed by atoms with van der Waals surface area (Å²) in [6.07, 6.45) is 3.27. The van der Waals surface area contributed by atoms with E-state index in [9.17, 15) is 13.6 Å². The standard InChI is InChI=1S/C14H12F2N4OS/c1-7(21)19-12-3-8-9(4-17-10(8)5-18-12)13-20-11(6-22-13)14(2,15)16/h3-6,17H,1-2H3,(H,18,19,21). The number of rotatable bonds is 3. The molecule has 0 aliphatic heterocycles. The number of thiazole rings is 1. The van der Waals surface area contributed by atoms with Gasteiger partial charge in [-0.2, -0.15) is 8.78 Å². The second-order valence-electron chi connectivity index (χ2n) is 4.92. The van der Waals surface area contributed by atoms with Crippen molar-refractivity contribution in [1.82, 2.24) is 15.0 Å². The van der Waals surface area contributed by atoms with Gasteiger partial charge in [-0.15, -0.1) is 11.3 Å². The van der Waals surface area contributed by atoms with Crippen molar-refractivity contribution in [2.24, 2.45) is 0 Å². The number of anilines is 1. The quantitative estimate of drug-likeness (QED) is 0.771. The van der Waals surface area contributed by atoms with Gasteiger partial charge < -0.3 is 10.3 Å². The molecule has 3 heterocycles. The van der Waals surface area contributed by atoms with Crippen molar-refractivity contribution in [3.8, 4) is 10.6 Å². The fraction of sp³-hybridized carbons (Fsp3) is 0.214. The molecule has 114 valence electrons. The van der Waals surface area contributed by atoms with Gasteiger partial charge >= 0.3 is 0 Å². The Labute approximate surface area is 128 Å². The van der Waals surface area contributed by atoms with Gasteiger partial charge in [0.2, 0.25) is 5.91 Å². The molecule has 0 saturated heterocycles. The van der Waals surface area contributed by atoms with E-state index in [0.717, 1.165) is 29.2 Å². The van der Waals surface area contributed by atoms with Crippen LogP contribution in [0.25, 0.3) is 21.5 Å². The average Bonchev–Trinajstić information content (AvgIpc) is 3.02. The maximum atomic E-state index is 13.3. The molecule has 0 unspecified atom stereocenters. The minimum atomic E-state index is -2.97. The van der Waals surface area contributed by atoms with Crippen molar-refractivity contribution < 1.29 is 13.6 Å². The summed E-state index contributed by atoms with van der Waals surface area (Å²) < 4.78 is 26.6. The number of carbonyl (C=O) groups excluding carboxylic acids is 1. The van der Waals surface area contributed by atoms with Crippen LogP contribution in [0.4, 0.5) is 14.6 Å². The number of amides is 1. The molecule has 3 aromatic rings. The lowest BCUT2D eigenvalue weighted by Crippen LogP contribution is -2.07. The molecule has 0 bridgehead atoms. The van der Waals surface area contributed by atoms with Gasteiger partial charge in [0.1, 0.15) is 16.5 Å². The van der Waals surface area contributed by atoms with E-state index in [1.165, 1.54) is 12.3 Å². The highest BCUT2D eigenvalue weighted by atomic mass is 32.1. The van der Waals surface area contributed by atoms with Crippen molar-refractivity contribution in [3.05, 3.63) is 29.5 Å². The summed E-state index contributed by atoms with van der Waals surface area (Å²) in [6, 6.07) is 1.69. The highest BCUT2D eigenvalue weighted by Crippen LogP contribution is 2.35. The topological polar surface area (TPSA) is 70.7 Å². The monoisotopic (exact) mass is 322 g/mol. The highest BCUT2D eigenvalue weighted by Gasteiger charge is 2.28. The number of nitrogens with zero attached hydrogens (tertiary/aromatic N) is 2. The molecule has 0 aliphatic carbocycles. The minimum absolute atomic E-state index is 0.230. The first-order valence-corrected chi connectivity index (χ1v) is 7.31. The maximum Gasteiger partial charge on any atom is 0.287 e. The summed E-state index contributed by atoms with van der Waals surface area (Å²) in [5.41, 5.74) is 1.19. The number of fused-ring (bicyclic) bond motifs is 1. The van der Waals surface area contributed by atoms with Crippen LogP contribution >= 0.6 is 11.3 Å². The predicted octanol–water partition coefficient (Wildman–Crippen LogP) is 3.76. The molecule has 0 aromatic carbocycles. The van der Waals surface area contributed by atoms with Crippen LogP contribution in [0, 0.1) is 0 Å². The Bertz CT molecular complexity index is 850. The Morgan fingerprint density at radius 3 is 2.86 bits per heavy atom. The van der Waals surface area contributed by atoms with Crippen molar-refractivity contribution in [2.45, 2.75) is 19.8 Å². The van der Waals surface area contributed by atoms with Crippen LogP contribution in [0.15, 0.2) is 23.8 Å². The van der Waals surface area contributed by atoms with Gasteiger partial charge in [-0.1, -0.05) is 0 Å². The SMILES string of the molecule is CC(=O)Nc1cc2c(-c3nc(C(C)(F)F)cs3)c[nH]c2cn1. The fourth-order valence-electron chi connectivity index (χ4n) is 2.05. The van der Waals surface area contributed by atoms with E-state index in [1.54, 1.807) is 18.5 Å². The smallest absolute Gasteiger partial charge is 0.287 e. The summed E-state index contributed by atoms with van der Waals surface area (Å²) in [5.74, 6) is -2.80. The summed E-state index contributed by atoms with van der Waals surface area (Å²) in [7, 11) is 0. The van der Waals surface area contributed by atoms with Gasteiger partial charge in [-0.25, -0.2) is 9.97 Å². The lowest BCUT2D eigenvalue weighted by Gasteiger charge is -2.04.